The molecule has 5 nitrogen and oxygen atoms in total. The number of amides is 1. The number of hydrogen-bond acceptors (Lipinski definition) is 4. The monoisotopic (exact) mass is 436 g/mol. The zero-order valence-electron chi connectivity index (χ0n) is 13.2. The summed E-state index contributed by atoms with van der Waals surface area (Å²) < 4.78 is 2.82. The molecule has 0 aliphatic heterocycles. The quantitative estimate of drug-likeness (QED) is 0.591. The molecule has 1 heterocycles. The summed E-state index contributed by atoms with van der Waals surface area (Å²) in [6.07, 6.45) is 0. The predicted octanol–water partition coefficient (Wildman–Crippen LogP) is 4.63. The van der Waals surface area contributed by atoms with Crippen LogP contribution in [-0.2, 0) is 11.8 Å². The third-order valence-corrected chi connectivity index (χ3v) is 5.16. The predicted molar refractivity (Wildman–Crippen MR) is 105 cm³/mol. The van der Waals surface area contributed by atoms with Crippen LogP contribution in [0, 0.1) is 0 Å². The molecule has 0 spiro atoms. The molecule has 1 N–H and O–H groups in total. The fourth-order valence-corrected chi connectivity index (χ4v) is 3.35. The van der Waals surface area contributed by atoms with Gasteiger partial charge in [0.1, 0.15) is 0 Å². The van der Waals surface area contributed by atoms with Gasteiger partial charge < -0.3 is 9.88 Å². The highest BCUT2D eigenvalue weighted by molar-refractivity contribution is 9.10. The van der Waals surface area contributed by atoms with Crippen LogP contribution >= 0.6 is 39.3 Å². The molecular formula is C17H14BrClN4OS. The number of hydrogen-bond donors (Lipinski definition) is 1. The molecule has 0 aliphatic carbocycles. The van der Waals surface area contributed by atoms with E-state index >= 15 is 0 Å². The van der Waals surface area contributed by atoms with Gasteiger partial charge in [0, 0.05) is 27.8 Å². The first-order valence-electron chi connectivity index (χ1n) is 7.36. The van der Waals surface area contributed by atoms with Gasteiger partial charge in [-0.1, -0.05) is 51.4 Å². The molecule has 0 aliphatic rings. The van der Waals surface area contributed by atoms with Gasteiger partial charge in [-0.2, -0.15) is 0 Å². The maximum Gasteiger partial charge on any atom is 0.234 e. The second-order valence-corrected chi connectivity index (χ2v) is 7.51. The van der Waals surface area contributed by atoms with E-state index in [1.165, 1.54) is 11.8 Å². The lowest BCUT2D eigenvalue weighted by Gasteiger charge is -2.06. The van der Waals surface area contributed by atoms with Gasteiger partial charge in [0.15, 0.2) is 11.0 Å². The summed E-state index contributed by atoms with van der Waals surface area (Å²) >= 11 is 10.7. The third kappa shape index (κ3) is 4.62. The topological polar surface area (TPSA) is 59.8 Å². The van der Waals surface area contributed by atoms with E-state index in [2.05, 4.69) is 31.4 Å². The molecule has 25 heavy (non-hydrogen) atoms. The first-order valence-corrected chi connectivity index (χ1v) is 9.52. The van der Waals surface area contributed by atoms with Crippen molar-refractivity contribution in [3.05, 3.63) is 58.0 Å². The Bertz CT molecular complexity index is 898. The minimum atomic E-state index is -0.0976. The minimum Gasteiger partial charge on any atom is -0.325 e. The zero-order chi connectivity index (χ0) is 17.8. The van der Waals surface area contributed by atoms with Crippen molar-refractivity contribution in [3.8, 4) is 11.4 Å². The lowest BCUT2D eigenvalue weighted by molar-refractivity contribution is -0.113. The van der Waals surface area contributed by atoms with E-state index < -0.39 is 0 Å². The van der Waals surface area contributed by atoms with E-state index in [-0.39, 0.29) is 11.7 Å². The second-order valence-electron chi connectivity index (χ2n) is 5.22. The Labute approximate surface area is 162 Å². The first-order chi connectivity index (χ1) is 12.0. The number of nitrogens with one attached hydrogen (secondary N) is 1. The Balaban J connectivity index is 1.64. The van der Waals surface area contributed by atoms with Crippen molar-refractivity contribution in [2.24, 2.45) is 7.05 Å². The van der Waals surface area contributed by atoms with E-state index in [0.29, 0.717) is 16.0 Å². The average molecular weight is 438 g/mol. The number of anilines is 1. The fraction of sp³-hybridized carbons (Fsp3) is 0.118. The molecule has 0 fully saturated rings. The van der Waals surface area contributed by atoms with Crippen molar-refractivity contribution < 1.29 is 4.79 Å². The van der Waals surface area contributed by atoms with Crippen LogP contribution in [0.25, 0.3) is 11.4 Å². The van der Waals surface area contributed by atoms with Crippen molar-refractivity contribution >= 4 is 50.9 Å². The summed E-state index contributed by atoms with van der Waals surface area (Å²) in [5.74, 6) is 0.857. The van der Waals surface area contributed by atoms with E-state index in [1.807, 2.05) is 60.1 Å². The number of aromatic nitrogens is 3. The molecular weight excluding hydrogens is 424 g/mol. The Morgan fingerprint density at radius 3 is 2.72 bits per heavy atom. The first kappa shape index (κ1) is 18.0. The highest BCUT2D eigenvalue weighted by Crippen LogP contribution is 2.24. The van der Waals surface area contributed by atoms with Gasteiger partial charge in [-0.3, -0.25) is 4.79 Å². The molecule has 0 bridgehead atoms. The minimum absolute atomic E-state index is 0.0976. The highest BCUT2D eigenvalue weighted by Gasteiger charge is 2.13. The number of carbonyl (C=O) groups is 1. The van der Waals surface area contributed by atoms with Gasteiger partial charge >= 0.3 is 0 Å². The Morgan fingerprint density at radius 1 is 1.24 bits per heavy atom. The zero-order valence-corrected chi connectivity index (χ0v) is 16.4. The Hall–Kier alpha value is -1.83. The number of thioether (sulfide) groups is 1. The number of carbonyl (C=O) groups excluding carboxylic acids is 1. The fourth-order valence-electron chi connectivity index (χ4n) is 2.18. The van der Waals surface area contributed by atoms with Crippen molar-refractivity contribution in [1.29, 1.82) is 0 Å². The van der Waals surface area contributed by atoms with Crippen molar-refractivity contribution in [1.82, 2.24) is 14.8 Å². The van der Waals surface area contributed by atoms with E-state index in [0.717, 1.165) is 15.7 Å². The molecule has 0 radical (unpaired) electrons. The molecule has 0 atom stereocenters. The summed E-state index contributed by atoms with van der Waals surface area (Å²) in [7, 11) is 1.87. The van der Waals surface area contributed by atoms with Gasteiger partial charge in [-0.05, 0) is 36.4 Å². The molecule has 2 aromatic carbocycles. The molecule has 3 aromatic rings. The molecule has 8 heteroatoms. The molecule has 128 valence electrons. The number of nitrogens with zero attached hydrogens (tertiary/aromatic N) is 3. The van der Waals surface area contributed by atoms with Crippen molar-refractivity contribution in [2.45, 2.75) is 5.16 Å². The van der Waals surface area contributed by atoms with Gasteiger partial charge in [-0.25, -0.2) is 0 Å². The lowest BCUT2D eigenvalue weighted by atomic mass is 10.2. The molecule has 0 unspecified atom stereocenters. The molecule has 0 saturated carbocycles. The lowest BCUT2D eigenvalue weighted by Crippen LogP contribution is -2.14. The Morgan fingerprint density at radius 2 is 2.00 bits per heavy atom. The summed E-state index contributed by atoms with van der Waals surface area (Å²) in [6.45, 7) is 0. The number of benzene rings is 2. The second kappa shape index (κ2) is 8.03. The summed E-state index contributed by atoms with van der Waals surface area (Å²) in [6, 6.07) is 14.9. The standard InChI is InChI=1S/C17H14BrClN4OS/c1-23-16(11-3-2-4-13(19)9-11)21-22-17(23)25-10-15(24)20-14-7-5-12(18)6-8-14/h2-9H,10H2,1H3,(H,20,24). The third-order valence-electron chi connectivity index (χ3n) is 3.38. The largest absolute Gasteiger partial charge is 0.325 e. The smallest absolute Gasteiger partial charge is 0.234 e. The van der Waals surface area contributed by atoms with Crippen LogP contribution in [0.2, 0.25) is 5.02 Å². The highest BCUT2D eigenvalue weighted by atomic mass is 79.9. The van der Waals surface area contributed by atoms with Crippen molar-refractivity contribution in [2.75, 3.05) is 11.1 Å². The maximum absolute atomic E-state index is 12.1. The molecule has 3 rings (SSSR count). The summed E-state index contributed by atoms with van der Waals surface area (Å²) in [4.78, 5) is 12.1. The van der Waals surface area contributed by atoms with E-state index in [9.17, 15) is 4.79 Å². The van der Waals surface area contributed by atoms with E-state index in [1.54, 1.807) is 0 Å². The van der Waals surface area contributed by atoms with E-state index in [4.69, 9.17) is 11.6 Å². The van der Waals surface area contributed by atoms with Crippen LogP contribution < -0.4 is 5.32 Å². The van der Waals surface area contributed by atoms with Crippen LogP contribution in [0.4, 0.5) is 5.69 Å². The molecule has 1 amide bonds. The SMILES string of the molecule is Cn1c(SCC(=O)Nc2ccc(Br)cc2)nnc1-c1cccc(Cl)c1. The van der Waals surface area contributed by atoms with Crippen LogP contribution in [0.15, 0.2) is 58.2 Å². The maximum atomic E-state index is 12.1. The van der Waals surface area contributed by atoms with Crippen LogP contribution in [0.3, 0.4) is 0 Å². The van der Waals surface area contributed by atoms with Crippen LogP contribution in [-0.4, -0.2) is 26.4 Å². The van der Waals surface area contributed by atoms with Gasteiger partial charge in [0.05, 0.1) is 5.75 Å². The molecule has 1 aromatic heterocycles. The number of rotatable bonds is 5. The van der Waals surface area contributed by atoms with Gasteiger partial charge in [-0.15, -0.1) is 10.2 Å². The summed E-state index contributed by atoms with van der Waals surface area (Å²) in [5, 5.41) is 12.5. The van der Waals surface area contributed by atoms with Gasteiger partial charge in [0.25, 0.3) is 0 Å². The molecule has 0 saturated heterocycles. The van der Waals surface area contributed by atoms with Gasteiger partial charge in [0.2, 0.25) is 5.91 Å². The number of halogens is 2. The average Bonchev–Trinajstić information content (AvgIpc) is 2.96. The normalized spacial score (nSPS) is 10.7. The van der Waals surface area contributed by atoms with Crippen LogP contribution in [0.1, 0.15) is 0 Å². The summed E-state index contributed by atoms with van der Waals surface area (Å²) in [5.41, 5.74) is 1.64. The Kier molecular flexibility index (Phi) is 5.78. The van der Waals surface area contributed by atoms with Crippen LogP contribution in [0.5, 0.6) is 0 Å². The van der Waals surface area contributed by atoms with Crippen molar-refractivity contribution in [3.63, 3.8) is 0 Å².